The van der Waals surface area contributed by atoms with Crippen LogP contribution in [0.3, 0.4) is 0 Å². The molecule has 2 bridgehead atoms. The number of hydrogen-bond donors (Lipinski definition) is 0. The van der Waals surface area contributed by atoms with E-state index in [2.05, 4.69) is 68.0 Å². The minimum Gasteiger partial charge on any atom is -0.100 e. The third kappa shape index (κ3) is 6.24. The monoisotopic (exact) mass is 400 g/mol. The first-order valence-electron chi connectivity index (χ1n) is 12.7. The normalized spacial score (nSPS) is 38.4. The standard InChI is InChI=1S/C20H36.C9H16/c1-14-7-6-11-20(5)12-10-17-15(2)8-9-16(13-18(14)20)19(17,3)4;1-8(2)6-5-7-9(3)4/h14-18H,6-13H2,1-5H3;7H,1,5-6H2,2-4H3/t14-,15-,16+,17+,18-,20+;/m1./s1. The van der Waals surface area contributed by atoms with Gasteiger partial charge in [-0.25, -0.2) is 0 Å². The van der Waals surface area contributed by atoms with E-state index >= 15 is 0 Å². The fourth-order valence-corrected chi connectivity index (χ4v) is 7.28. The van der Waals surface area contributed by atoms with E-state index < -0.39 is 0 Å². The van der Waals surface area contributed by atoms with Crippen LogP contribution in [0.5, 0.6) is 0 Å². The van der Waals surface area contributed by atoms with Crippen LogP contribution < -0.4 is 0 Å². The summed E-state index contributed by atoms with van der Waals surface area (Å²) in [4.78, 5) is 0. The van der Waals surface area contributed by atoms with Crippen LogP contribution in [0.15, 0.2) is 23.8 Å². The molecule has 0 nitrogen and oxygen atoms in total. The molecule has 0 unspecified atom stereocenters. The molecule has 3 aliphatic carbocycles. The molecule has 0 N–H and O–H groups in total. The Morgan fingerprint density at radius 2 is 1.55 bits per heavy atom. The van der Waals surface area contributed by atoms with Gasteiger partial charge in [0.2, 0.25) is 0 Å². The van der Waals surface area contributed by atoms with Crippen LogP contribution in [-0.2, 0) is 0 Å². The lowest BCUT2D eigenvalue weighted by molar-refractivity contribution is -0.0692. The summed E-state index contributed by atoms with van der Waals surface area (Å²) in [5.74, 6) is 4.92. The Hall–Kier alpha value is -0.520. The Bertz CT molecular complexity index is 561. The summed E-state index contributed by atoms with van der Waals surface area (Å²) in [7, 11) is 0. The molecule has 0 amide bonds. The van der Waals surface area contributed by atoms with Gasteiger partial charge in [0.05, 0.1) is 0 Å². The first-order valence-corrected chi connectivity index (χ1v) is 12.7. The molecule has 3 fully saturated rings. The SMILES string of the molecule is C=C(C)CCC=C(C)C.C[C@@H]1CCC[C@@]2(C)CC[C@H]3[C@H](C)CC[C@@H](C[C@H]12)C3(C)C. The smallest absolute Gasteiger partial charge is 0.0291 e. The highest BCUT2D eigenvalue weighted by molar-refractivity contribution is 5.00. The van der Waals surface area contributed by atoms with Crippen LogP contribution >= 0.6 is 0 Å². The van der Waals surface area contributed by atoms with Crippen molar-refractivity contribution in [3.8, 4) is 0 Å². The molecule has 0 spiro atoms. The summed E-state index contributed by atoms with van der Waals surface area (Å²) < 4.78 is 0. The van der Waals surface area contributed by atoms with E-state index in [9.17, 15) is 0 Å². The van der Waals surface area contributed by atoms with E-state index in [1.54, 1.807) is 0 Å². The van der Waals surface area contributed by atoms with Crippen molar-refractivity contribution in [1.82, 2.24) is 0 Å². The van der Waals surface area contributed by atoms with E-state index in [0.29, 0.717) is 10.8 Å². The second kappa shape index (κ2) is 10.2. The van der Waals surface area contributed by atoms with Gasteiger partial charge in [0.1, 0.15) is 0 Å². The lowest BCUT2D eigenvalue weighted by Crippen LogP contribution is -2.48. The van der Waals surface area contributed by atoms with Crippen molar-refractivity contribution >= 4 is 0 Å². The van der Waals surface area contributed by atoms with Gasteiger partial charge in [-0.05, 0) is 106 Å². The van der Waals surface area contributed by atoms with Gasteiger partial charge in [0, 0.05) is 0 Å². The maximum absolute atomic E-state index is 3.82. The van der Waals surface area contributed by atoms with E-state index in [1.807, 2.05) is 0 Å². The Balaban J connectivity index is 0.000000284. The van der Waals surface area contributed by atoms with Gasteiger partial charge in [-0.2, -0.15) is 0 Å². The predicted octanol–water partition coefficient (Wildman–Crippen LogP) is 9.61. The fraction of sp³-hybridized carbons (Fsp3) is 0.862. The number of allylic oxidation sites excluding steroid dienone is 3. The summed E-state index contributed by atoms with van der Waals surface area (Å²) in [6.07, 6.45) is 16.6. The van der Waals surface area contributed by atoms with Gasteiger partial charge >= 0.3 is 0 Å². The molecule has 0 saturated heterocycles. The van der Waals surface area contributed by atoms with Crippen molar-refractivity contribution in [2.45, 2.75) is 120 Å². The topological polar surface area (TPSA) is 0 Å². The second-order valence-electron chi connectivity index (χ2n) is 12.4. The van der Waals surface area contributed by atoms with Gasteiger partial charge < -0.3 is 0 Å². The molecule has 6 atom stereocenters. The van der Waals surface area contributed by atoms with Gasteiger partial charge in [-0.3, -0.25) is 0 Å². The van der Waals surface area contributed by atoms with Crippen LogP contribution in [0, 0.1) is 40.4 Å². The highest BCUT2D eigenvalue weighted by atomic mass is 14.6. The average molecular weight is 401 g/mol. The molecule has 0 aromatic heterocycles. The maximum atomic E-state index is 3.82. The van der Waals surface area contributed by atoms with Crippen LogP contribution in [-0.4, -0.2) is 0 Å². The lowest BCUT2D eigenvalue weighted by atomic mass is 9.48. The van der Waals surface area contributed by atoms with Gasteiger partial charge in [0.25, 0.3) is 0 Å². The first-order chi connectivity index (χ1) is 13.5. The molecular weight excluding hydrogens is 348 g/mol. The minimum absolute atomic E-state index is 0.593. The first kappa shape index (κ1) is 24.7. The van der Waals surface area contributed by atoms with Crippen LogP contribution in [0.4, 0.5) is 0 Å². The van der Waals surface area contributed by atoms with E-state index in [-0.39, 0.29) is 0 Å². The second-order valence-corrected chi connectivity index (χ2v) is 12.4. The molecular formula is C29H52. The zero-order valence-electron chi connectivity index (χ0n) is 21.2. The Labute approximate surface area is 184 Å². The minimum atomic E-state index is 0.593. The Morgan fingerprint density at radius 3 is 2.17 bits per heavy atom. The van der Waals surface area contributed by atoms with E-state index in [4.69, 9.17) is 0 Å². The van der Waals surface area contributed by atoms with Crippen molar-refractivity contribution in [2.75, 3.05) is 0 Å². The summed E-state index contributed by atoms with van der Waals surface area (Å²) in [6.45, 7) is 23.1. The van der Waals surface area contributed by atoms with Crippen LogP contribution in [0.1, 0.15) is 120 Å². The quantitative estimate of drug-likeness (QED) is 0.413. The van der Waals surface area contributed by atoms with Crippen molar-refractivity contribution in [2.24, 2.45) is 40.4 Å². The highest BCUT2D eigenvalue weighted by Crippen LogP contribution is 2.60. The molecule has 0 aromatic rings. The van der Waals surface area contributed by atoms with Gasteiger partial charge in [-0.15, -0.1) is 6.58 Å². The van der Waals surface area contributed by atoms with Gasteiger partial charge in [-0.1, -0.05) is 71.1 Å². The largest absolute Gasteiger partial charge is 0.100 e. The molecule has 3 rings (SSSR count). The van der Waals surface area contributed by atoms with Crippen LogP contribution in [0.25, 0.3) is 0 Å². The zero-order valence-corrected chi connectivity index (χ0v) is 21.2. The van der Waals surface area contributed by atoms with Gasteiger partial charge in [0.15, 0.2) is 0 Å². The Morgan fingerprint density at radius 1 is 0.897 bits per heavy atom. The number of rotatable bonds is 3. The maximum Gasteiger partial charge on any atom is -0.0291 e. The molecule has 0 radical (unpaired) electrons. The van der Waals surface area contributed by atoms with E-state index in [0.717, 1.165) is 42.4 Å². The van der Waals surface area contributed by atoms with E-state index in [1.165, 1.54) is 62.5 Å². The molecule has 3 aliphatic rings. The summed E-state index contributed by atoms with van der Waals surface area (Å²) in [5.41, 5.74) is 3.93. The average Bonchev–Trinajstić information content (AvgIpc) is 2.59. The van der Waals surface area contributed by atoms with Crippen LogP contribution in [0.2, 0.25) is 0 Å². The van der Waals surface area contributed by atoms with Crippen molar-refractivity contribution in [1.29, 1.82) is 0 Å². The fourth-order valence-electron chi connectivity index (χ4n) is 7.28. The highest BCUT2D eigenvalue weighted by Gasteiger charge is 2.50. The van der Waals surface area contributed by atoms with Crippen molar-refractivity contribution < 1.29 is 0 Å². The summed E-state index contributed by atoms with van der Waals surface area (Å²) in [6, 6.07) is 0. The molecule has 0 heteroatoms. The molecule has 29 heavy (non-hydrogen) atoms. The van der Waals surface area contributed by atoms with Crippen molar-refractivity contribution in [3.63, 3.8) is 0 Å². The summed E-state index contributed by atoms with van der Waals surface area (Å²) in [5, 5.41) is 0. The number of hydrogen-bond acceptors (Lipinski definition) is 0. The number of fused-ring (bicyclic) bond motifs is 3. The molecule has 168 valence electrons. The lowest BCUT2D eigenvalue weighted by Gasteiger charge is -2.57. The third-order valence-electron chi connectivity index (χ3n) is 9.34. The summed E-state index contributed by atoms with van der Waals surface area (Å²) >= 11 is 0. The predicted molar refractivity (Wildman–Crippen MR) is 131 cm³/mol. The molecule has 0 aromatic carbocycles. The Kier molecular flexibility index (Phi) is 8.70. The molecule has 0 aliphatic heterocycles. The zero-order chi connectivity index (χ0) is 21.8. The molecule has 3 saturated carbocycles. The molecule has 0 heterocycles. The third-order valence-corrected chi connectivity index (χ3v) is 9.34. The van der Waals surface area contributed by atoms with Crippen molar-refractivity contribution in [3.05, 3.63) is 23.8 Å².